The van der Waals surface area contributed by atoms with Crippen molar-refractivity contribution < 1.29 is 23.5 Å². The van der Waals surface area contributed by atoms with Gasteiger partial charge < -0.3 is 14.8 Å². The quantitative estimate of drug-likeness (QED) is 0.739. The van der Waals surface area contributed by atoms with Gasteiger partial charge in [-0.15, -0.1) is 0 Å². The van der Waals surface area contributed by atoms with Gasteiger partial charge in [0, 0.05) is 4.47 Å². The molecule has 0 unspecified atom stereocenters. The van der Waals surface area contributed by atoms with Crippen LogP contribution in [0.15, 0.2) is 40.9 Å². The van der Waals surface area contributed by atoms with Gasteiger partial charge in [0.05, 0.1) is 19.2 Å². The molecule has 0 bridgehead atoms. The van der Waals surface area contributed by atoms with Crippen LogP contribution >= 0.6 is 15.9 Å². The fraction of sp³-hybridized carbons (Fsp3) is 0.222. The van der Waals surface area contributed by atoms with Gasteiger partial charge in [-0.25, -0.2) is 4.39 Å². The summed E-state index contributed by atoms with van der Waals surface area (Å²) in [5, 5.41) is 2.64. The molecule has 0 heterocycles. The lowest BCUT2D eigenvalue weighted by Crippen LogP contribution is -2.21. The molecule has 0 saturated carbocycles. The van der Waals surface area contributed by atoms with E-state index in [4.69, 9.17) is 9.47 Å². The molecular weight excluding hydrogens is 393 g/mol. The van der Waals surface area contributed by atoms with Crippen LogP contribution in [-0.2, 0) is 20.7 Å². The maximum atomic E-state index is 13.6. The van der Waals surface area contributed by atoms with Gasteiger partial charge >= 0.3 is 5.97 Å². The molecule has 2 rings (SSSR count). The summed E-state index contributed by atoms with van der Waals surface area (Å²) in [4.78, 5) is 23.6. The highest BCUT2D eigenvalue weighted by Crippen LogP contribution is 2.23. The Bertz CT molecular complexity index is 795. The summed E-state index contributed by atoms with van der Waals surface area (Å²) >= 11 is 3.35. The second kappa shape index (κ2) is 8.62. The van der Waals surface area contributed by atoms with Crippen molar-refractivity contribution in [3.05, 3.63) is 57.8 Å². The molecule has 0 radical (unpaired) electrons. The lowest BCUT2D eigenvalue weighted by Gasteiger charge is -2.09. The Morgan fingerprint density at radius 2 is 1.96 bits per heavy atom. The smallest absolute Gasteiger partial charge is 0.310 e. The molecule has 2 aromatic rings. The van der Waals surface area contributed by atoms with E-state index >= 15 is 0 Å². The molecular formula is C18H17BrFNO4. The standard InChI is InChI=1S/C18H17BrFNO4/c1-11-3-5-15(13(19)7-11)21-17(22)10-25-18(23)9-12-4-6-16(24-2)14(20)8-12/h3-8H,9-10H2,1-2H3,(H,21,22). The van der Waals surface area contributed by atoms with Crippen LogP contribution in [0.1, 0.15) is 11.1 Å². The van der Waals surface area contributed by atoms with Crippen LogP contribution in [0.2, 0.25) is 0 Å². The highest BCUT2D eigenvalue weighted by molar-refractivity contribution is 9.10. The Kier molecular flexibility index (Phi) is 6.52. The number of nitrogens with one attached hydrogen (secondary N) is 1. The van der Waals surface area contributed by atoms with Crippen molar-refractivity contribution in [3.63, 3.8) is 0 Å². The van der Waals surface area contributed by atoms with Crippen molar-refractivity contribution in [1.29, 1.82) is 0 Å². The Morgan fingerprint density at radius 3 is 2.60 bits per heavy atom. The van der Waals surface area contributed by atoms with E-state index in [0.29, 0.717) is 11.3 Å². The number of amides is 1. The summed E-state index contributed by atoms with van der Waals surface area (Å²) in [7, 11) is 1.36. The van der Waals surface area contributed by atoms with Crippen molar-refractivity contribution in [2.24, 2.45) is 0 Å². The minimum Gasteiger partial charge on any atom is -0.494 e. The molecule has 0 saturated heterocycles. The van der Waals surface area contributed by atoms with E-state index in [0.717, 1.165) is 10.0 Å². The van der Waals surface area contributed by atoms with Crippen molar-refractivity contribution in [2.75, 3.05) is 19.0 Å². The minimum absolute atomic E-state index is 0.0974. The molecule has 0 aliphatic heterocycles. The van der Waals surface area contributed by atoms with Crippen LogP contribution in [0.5, 0.6) is 5.75 Å². The van der Waals surface area contributed by atoms with Crippen LogP contribution in [0, 0.1) is 12.7 Å². The van der Waals surface area contributed by atoms with Gasteiger partial charge in [0.1, 0.15) is 0 Å². The number of anilines is 1. The van der Waals surface area contributed by atoms with Crippen LogP contribution in [0.3, 0.4) is 0 Å². The minimum atomic E-state index is -0.623. The summed E-state index contributed by atoms with van der Waals surface area (Å²) in [6.45, 7) is 1.51. The Hall–Kier alpha value is -2.41. The molecule has 0 spiro atoms. The third kappa shape index (κ3) is 5.56. The Balaban J connectivity index is 1.85. The number of benzene rings is 2. The summed E-state index contributed by atoms with van der Waals surface area (Å²) in [5.41, 5.74) is 2.07. The van der Waals surface area contributed by atoms with Crippen molar-refractivity contribution in [3.8, 4) is 5.75 Å². The van der Waals surface area contributed by atoms with E-state index in [2.05, 4.69) is 21.2 Å². The van der Waals surface area contributed by atoms with E-state index in [1.54, 1.807) is 12.1 Å². The number of rotatable bonds is 6. The number of aryl methyl sites for hydroxylation is 1. The number of carbonyl (C=O) groups is 2. The normalized spacial score (nSPS) is 10.2. The monoisotopic (exact) mass is 409 g/mol. The van der Waals surface area contributed by atoms with Crippen LogP contribution in [0.4, 0.5) is 10.1 Å². The fourth-order valence-electron chi connectivity index (χ4n) is 2.09. The number of methoxy groups -OCH3 is 1. The van der Waals surface area contributed by atoms with Crippen LogP contribution < -0.4 is 10.1 Å². The number of carbonyl (C=O) groups excluding carboxylic acids is 2. The number of halogens is 2. The zero-order valence-electron chi connectivity index (χ0n) is 13.8. The van der Waals surface area contributed by atoms with Gasteiger partial charge in [-0.1, -0.05) is 12.1 Å². The lowest BCUT2D eigenvalue weighted by molar-refractivity contribution is -0.146. The van der Waals surface area contributed by atoms with Crippen molar-refractivity contribution in [2.45, 2.75) is 13.3 Å². The van der Waals surface area contributed by atoms with E-state index in [1.165, 1.54) is 19.2 Å². The summed E-state index contributed by atoms with van der Waals surface area (Å²) < 4.78 is 24.0. The molecule has 0 aromatic heterocycles. The predicted molar refractivity (Wildman–Crippen MR) is 95.1 cm³/mol. The van der Waals surface area contributed by atoms with Gasteiger partial charge in [0.25, 0.3) is 5.91 Å². The first-order valence-corrected chi connectivity index (χ1v) is 8.22. The van der Waals surface area contributed by atoms with Crippen LogP contribution in [0.25, 0.3) is 0 Å². The van der Waals surface area contributed by atoms with E-state index in [9.17, 15) is 14.0 Å². The molecule has 0 fully saturated rings. The van der Waals surface area contributed by atoms with E-state index in [-0.39, 0.29) is 12.2 Å². The number of hydrogen-bond acceptors (Lipinski definition) is 4. The second-order valence-corrected chi connectivity index (χ2v) is 6.19. The lowest BCUT2D eigenvalue weighted by atomic mass is 10.1. The molecule has 0 aliphatic carbocycles. The summed E-state index contributed by atoms with van der Waals surface area (Å²) in [5.74, 6) is -1.54. The second-order valence-electron chi connectivity index (χ2n) is 5.34. The average Bonchev–Trinajstić information content (AvgIpc) is 2.56. The Morgan fingerprint density at radius 1 is 1.20 bits per heavy atom. The molecule has 5 nitrogen and oxygen atoms in total. The van der Waals surface area contributed by atoms with Gasteiger partial charge in [0.2, 0.25) is 0 Å². The van der Waals surface area contributed by atoms with Gasteiger partial charge in [-0.05, 0) is 58.2 Å². The van der Waals surface area contributed by atoms with Gasteiger partial charge in [-0.2, -0.15) is 0 Å². The molecule has 0 aliphatic rings. The molecule has 25 heavy (non-hydrogen) atoms. The third-order valence-electron chi connectivity index (χ3n) is 3.33. The largest absolute Gasteiger partial charge is 0.494 e. The topological polar surface area (TPSA) is 64.6 Å². The molecule has 0 atom stereocenters. The summed E-state index contributed by atoms with van der Waals surface area (Å²) in [6, 6.07) is 9.65. The SMILES string of the molecule is COc1ccc(CC(=O)OCC(=O)Nc2ccc(C)cc2Br)cc1F. The Labute approximate surface area is 153 Å². The zero-order valence-corrected chi connectivity index (χ0v) is 15.4. The maximum absolute atomic E-state index is 13.6. The first-order valence-electron chi connectivity index (χ1n) is 7.43. The van der Waals surface area contributed by atoms with E-state index < -0.39 is 24.3 Å². The summed E-state index contributed by atoms with van der Waals surface area (Å²) in [6.07, 6.45) is -0.136. The fourth-order valence-corrected chi connectivity index (χ4v) is 2.68. The molecule has 1 amide bonds. The highest BCUT2D eigenvalue weighted by Gasteiger charge is 2.12. The third-order valence-corrected chi connectivity index (χ3v) is 3.98. The zero-order chi connectivity index (χ0) is 18.4. The molecule has 1 N–H and O–H groups in total. The van der Waals surface area contributed by atoms with Crippen molar-refractivity contribution in [1.82, 2.24) is 0 Å². The number of ether oxygens (including phenoxy) is 2. The maximum Gasteiger partial charge on any atom is 0.310 e. The molecule has 7 heteroatoms. The predicted octanol–water partition coefficient (Wildman–Crippen LogP) is 3.63. The highest BCUT2D eigenvalue weighted by atomic mass is 79.9. The first-order chi connectivity index (χ1) is 11.9. The van der Waals surface area contributed by atoms with E-state index in [1.807, 2.05) is 19.1 Å². The van der Waals surface area contributed by atoms with Gasteiger partial charge in [-0.3, -0.25) is 9.59 Å². The average molecular weight is 410 g/mol. The molecule has 2 aromatic carbocycles. The number of hydrogen-bond donors (Lipinski definition) is 1. The van der Waals surface area contributed by atoms with Crippen LogP contribution in [-0.4, -0.2) is 25.6 Å². The van der Waals surface area contributed by atoms with Gasteiger partial charge in [0.15, 0.2) is 18.2 Å². The molecule has 132 valence electrons. The van der Waals surface area contributed by atoms with Crippen molar-refractivity contribution >= 4 is 33.5 Å². The first kappa shape index (κ1) is 18.9. The number of esters is 1.